The van der Waals surface area contributed by atoms with Crippen LogP contribution in [0.25, 0.3) is 0 Å². The van der Waals surface area contributed by atoms with Crippen molar-refractivity contribution < 1.29 is 4.79 Å². The molecule has 4 nitrogen and oxygen atoms in total. The van der Waals surface area contributed by atoms with E-state index in [2.05, 4.69) is 31.3 Å². The zero-order chi connectivity index (χ0) is 18.3. The number of nitrogens with zero attached hydrogens (tertiary/aromatic N) is 1. The molecule has 2 aromatic carbocycles. The molecular weight excluding hydrogens is 322 g/mol. The average Bonchev–Trinajstić information content (AvgIpc) is 3.21. The quantitative estimate of drug-likeness (QED) is 0.885. The Balaban J connectivity index is 1.58. The molecule has 3 N–H and O–H groups in total. The lowest BCUT2D eigenvalue weighted by Gasteiger charge is -2.21. The van der Waals surface area contributed by atoms with Crippen LogP contribution in [0, 0.1) is 25.7 Å². The van der Waals surface area contributed by atoms with E-state index in [1.165, 1.54) is 11.1 Å². The second kappa shape index (κ2) is 6.76. The van der Waals surface area contributed by atoms with Gasteiger partial charge in [0.15, 0.2) is 0 Å². The number of para-hydroxylation sites is 1. The van der Waals surface area contributed by atoms with Crippen LogP contribution in [-0.2, 0) is 0 Å². The van der Waals surface area contributed by atoms with E-state index in [4.69, 9.17) is 5.73 Å². The summed E-state index contributed by atoms with van der Waals surface area (Å²) in [5, 5.41) is 3.47. The fourth-order valence-electron chi connectivity index (χ4n) is 4.45. The first-order chi connectivity index (χ1) is 12.5. The summed E-state index contributed by atoms with van der Waals surface area (Å²) in [7, 11) is 0. The molecule has 1 aliphatic carbocycles. The predicted octanol–water partition coefficient (Wildman–Crippen LogP) is 3.86. The van der Waals surface area contributed by atoms with Crippen molar-refractivity contribution in [2.24, 2.45) is 17.6 Å². The third kappa shape index (κ3) is 2.99. The van der Waals surface area contributed by atoms with Crippen LogP contribution in [0.5, 0.6) is 0 Å². The van der Waals surface area contributed by atoms with Crippen LogP contribution in [0.3, 0.4) is 0 Å². The predicted molar refractivity (Wildman–Crippen MR) is 106 cm³/mol. The molecule has 1 amide bonds. The van der Waals surface area contributed by atoms with E-state index >= 15 is 0 Å². The molecule has 1 heterocycles. The van der Waals surface area contributed by atoms with Gasteiger partial charge in [-0.2, -0.15) is 0 Å². The molecule has 2 aliphatic rings. The number of hydrogen-bond donors (Lipinski definition) is 2. The van der Waals surface area contributed by atoms with Crippen molar-refractivity contribution in [3.8, 4) is 0 Å². The number of fused-ring (bicyclic) bond motifs is 1. The van der Waals surface area contributed by atoms with Crippen LogP contribution in [0.15, 0.2) is 42.5 Å². The third-order valence-electron chi connectivity index (χ3n) is 6.23. The van der Waals surface area contributed by atoms with E-state index < -0.39 is 0 Å². The number of likely N-dealkylation sites (tertiary alicyclic amines) is 1. The highest BCUT2D eigenvalue weighted by Crippen LogP contribution is 2.38. The molecule has 0 spiro atoms. The second-order valence-electron chi connectivity index (χ2n) is 7.79. The number of amides is 1. The van der Waals surface area contributed by atoms with E-state index in [-0.39, 0.29) is 11.9 Å². The average molecular weight is 349 g/mol. The molecule has 1 aliphatic heterocycles. The van der Waals surface area contributed by atoms with Gasteiger partial charge < -0.3 is 16.0 Å². The van der Waals surface area contributed by atoms with E-state index in [9.17, 15) is 4.79 Å². The highest BCUT2D eigenvalue weighted by Gasteiger charge is 2.42. The molecule has 0 aromatic heterocycles. The summed E-state index contributed by atoms with van der Waals surface area (Å²) in [4.78, 5) is 15.2. The van der Waals surface area contributed by atoms with Crippen molar-refractivity contribution in [2.45, 2.75) is 32.7 Å². The smallest absolute Gasteiger partial charge is 0.255 e. The number of carbonyl (C=O) groups excluding carboxylic acids is 1. The van der Waals surface area contributed by atoms with Crippen LogP contribution in [0.2, 0.25) is 0 Å². The SMILES string of the molecule is Cc1cccc(Nc2ccccc2C(=O)N2CC3CCC(N)C3C2)c1C. The van der Waals surface area contributed by atoms with Crippen molar-refractivity contribution in [3.63, 3.8) is 0 Å². The molecule has 26 heavy (non-hydrogen) atoms. The van der Waals surface area contributed by atoms with Gasteiger partial charge in [0.1, 0.15) is 0 Å². The second-order valence-corrected chi connectivity index (χ2v) is 7.79. The minimum absolute atomic E-state index is 0.111. The molecule has 3 unspecified atom stereocenters. The lowest BCUT2D eigenvalue weighted by atomic mass is 9.98. The van der Waals surface area contributed by atoms with E-state index in [0.29, 0.717) is 11.8 Å². The molecule has 1 saturated carbocycles. The number of anilines is 2. The Morgan fingerprint density at radius 2 is 1.81 bits per heavy atom. The van der Waals surface area contributed by atoms with E-state index in [0.717, 1.165) is 42.9 Å². The van der Waals surface area contributed by atoms with E-state index in [1.807, 2.05) is 35.2 Å². The summed E-state index contributed by atoms with van der Waals surface area (Å²) in [5.74, 6) is 1.16. The molecule has 2 aromatic rings. The Hall–Kier alpha value is -2.33. The lowest BCUT2D eigenvalue weighted by molar-refractivity contribution is 0.0780. The van der Waals surface area contributed by atoms with Crippen molar-refractivity contribution in [2.75, 3.05) is 18.4 Å². The maximum Gasteiger partial charge on any atom is 0.255 e. The molecule has 0 bridgehead atoms. The van der Waals surface area contributed by atoms with Gasteiger partial charge in [-0.25, -0.2) is 0 Å². The first-order valence-corrected chi connectivity index (χ1v) is 9.51. The maximum atomic E-state index is 13.2. The number of hydrogen-bond acceptors (Lipinski definition) is 3. The fraction of sp³-hybridized carbons (Fsp3) is 0.409. The number of carbonyl (C=O) groups is 1. The summed E-state index contributed by atoms with van der Waals surface area (Å²) in [6, 6.07) is 14.3. The van der Waals surface area contributed by atoms with Crippen LogP contribution in [0.1, 0.15) is 34.3 Å². The third-order valence-corrected chi connectivity index (χ3v) is 6.23. The molecule has 136 valence electrons. The van der Waals surface area contributed by atoms with Gasteiger partial charge >= 0.3 is 0 Å². The monoisotopic (exact) mass is 349 g/mol. The maximum absolute atomic E-state index is 13.2. The van der Waals surface area contributed by atoms with Gasteiger partial charge in [-0.15, -0.1) is 0 Å². The number of benzene rings is 2. The van der Waals surface area contributed by atoms with Gasteiger partial charge in [-0.05, 0) is 67.9 Å². The molecule has 1 saturated heterocycles. The molecule has 4 heteroatoms. The highest BCUT2D eigenvalue weighted by atomic mass is 16.2. The van der Waals surface area contributed by atoms with Gasteiger partial charge in [-0.3, -0.25) is 4.79 Å². The number of nitrogens with two attached hydrogens (primary N) is 1. The van der Waals surface area contributed by atoms with Crippen LogP contribution in [0.4, 0.5) is 11.4 Å². The largest absolute Gasteiger partial charge is 0.355 e. The zero-order valence-electron chi connectivity index (χ0n) is 15.5. The van der Waals surface area contributed by atoms with Gasteiger partial charge in [0.2, 0.25) is 0 Å². The fourth-order valence-corrected chi connectivity index (χ4v) is 4.45. The van der Waals surface area contributed by atoms with Crippen LogP contribution >= 0.6 is 0 Å². The topological polar surface area (TPSA) is 58.4 Å². The summed E-state index contributed by atoms with van der Waals surface area (Å²) >= 11 is 0. The van der Waals surface area contributed by atoms with Crippen molar-refractivity contribution in [1.82, 2.24) is 4.90 Å². The Morgan fingerprint density at radius 3 is 2.62 bits per heavy atom. The minimum Gasteiger partial charge on any atom is -0.355 e. The van der Waals surface area contributed by atoms with E-state index in [1.54, 1.807) is 0 Å². The van der Waals surface area contributed by atoms with Gasteiger partial charge in [0, 0.05) is 24.8 Å². The van der Waals surface area contributed by atoms with Crippen molar-refractivity contribution >= 4 is 17.3 Å². The molecule has 4 rings (SSSR count). The lowest BCUT2D eigenvalue weighted by Crippen LogP contribution is -2.33. The first-order valence-electron chi connectivity index (χ1n) is 9.51. The van der Waals surface area contributed by atoms with Gasteiger partial charge in [0.25, 0.3) is 5.91 Å². The zero-order valence-corrected chi connectivity index (χ0v) is 15.5. The standard InChI is InChI=1S/C22H27N3O/c1-14-6-5-9-20(15(14)2)24-21-8-4-3-7-17(21)22(26)25-12-16-10-11-19(23)18(16)13-25/h3-9,16,18-19,24H,10-13,23H2,1-2H3. The molecule has 0 radical (unpaired) electrons. The first kappa shape index (κ1) is 17.1. The van der Waals surface area contributed by atoms with Gasteiger partial charge in [0.05, 0.1) is 11.3 Å². The number of aryl methyl sites for hydroxylation is 1. The summed E-state index contributed by atoms with van der Waals surface area (Å²) in [6.45, 7) is 5.84. The summed E-state index contributed by atoms with van der Waals surface area (Å²) in [6.07, 6.45) is 2.25. The Kier molecular flexibility index (Phi) is 4.45. The van der Waals surface area contributed by atoms with Crippen LogP contribution < -0.4 is 11.1 Å². The number of nitrogens with one attached hydrogen (secondary N) is 1. The number of rotatable bonds is 3. The molecule has 3 atom stereocenters. The van der Waals surface area contributed by atoms with Crippen LogP contribution in [-0.4, -0.2) is 29.9 Å². The van der Waals surface area contributed by atoms with Crippen molar-refractivity contribution in [3.05, 3.63) is 59.2 Å². The summed E-state index contributed by atoms with van der Waals surface area (Å²) in [5.41, 5.74) is 11.3. The van der Waals surface area contributed by atoms with Crippen molar-refractivity contribution in [1.29, 1.82) is 0 Å². The molecule has 2 fully saturated rings. The highest BCUT2D eigenvalue weighted by molar-refractivity contribution is 6.00. The Labute approximate surface area is 155 Å². The van der Waals surface area contributed by atoms with Gasteiger partial charge in [-0.1, -0.05) is 24.3 Å². The minimum atomic E-state index is 0.111. The Bertz CT molecular complexity index is 832. The molecular formula is C22H27N3O. The normalized spacial score (nSPS) is 24.6. The Morgan fingerprint density at radius 1 is 1.04 bits per heavy atom. The summed E-state index contributed by atoms with van der Waals surface area (Å²) < 4.78 is 0.